The molecule has 1 aliphatic heterocycles. The quantitative estimate of drug-likeness (QED) is 0.743. The van der Waals surface area contributed by atoms with E-state index in [1.54, 1.807) is 0 Å². The number of hydrogen-bond acceptors (Lipinski definition) is 3. The topological polar surface area (TPSA) is 46.2 Å². The molecule has 88 valence electrons. The average Bonchev–Trinajstić information content (AvgIpc) is 2.44. The van der Waals surface area contributed by atoms with E-state index in [2.05, 4.69) is 18.3 Å². The van der Waals surface area contributed by atoms with Crippen molar-refractivity contribution in [1.29, 1.82) is 0 Å². The number of sulfone groups is 1. The summed E-state index contributed by atoms with van der Waals surface area (Å²) in [5, 5.41) is 3.35. The van der Waals surface area contributed by atoms with Gasteiger partial charge in [-0.05, 0) is 32.7 Å². The Kier molecular flexibility index (Phi) is 4.34. The van der Waals surface area contributed by atoms with Crippen LogP contribution in [-0.4, -0.2) is 32.5 Å². The average molecular weight is 231 g/mol. The maximum Gasteiger partial charge on any atom is 0.150 e. The Labute approximate surface area is 92.9 Å². The van der Waals surface area contributed by atoms with Gasteiger partial charge >= 0.3 is 0 Å². The van der Waals surface area contributed by atoms with Gasteiger partial charge in [-0.3, -0.25) is 0 Å². The molecule has 1 fully saturated rings. The summed E-state index contributed by atoms with van der Waals surface area (Å²) < 4.78 is 22.8. The molecule has 0 aromatic heterocycles. The maximum absolute atomic E-state index is 11.4. The molecule has 0 spiro atoms. The van der Waals surface area contributed by atoms with Crippen molar-refractivity contribution in [2.75, 3.05) is 18.1 Å². The van der Waals surface area contributed by atoms with Crippen LogP contribution in [0, 0.1) is 5.92 Å². The van der Waals surface area contributed by atoms with E-state index in [1.807, 2.05) is 13.8 Å². The minimum absolute atomic E-state index is 0.220. The van der Waals surface area contributed by atoms with Gasteiger partial charge < -0.3 is 5.32 Å². The Bertz CT molecular complexity index is 328. The molecule has 0 radical (unpaired) electrons. The second kappa shape index (κ2) is 5.12. The first-order valence-corrected chi connectivity index (χ1v) is 7.35. The molecule has 1 heterocycles. The van der Waals surface area contributed by atoms with Gasteiger partial charge in [0, 0.05) is 6.04 Å². The van der Waals surface area contributed by atoms with Crippen molar-refractivity contribution in [2.45, 2.75) is 33.2 Å². The molecule has 1 saturated heterocycles. The highest BCUT2D eigenvalue weighted by Crippen LogP contribution is 2.23. The molecule has 3 nitrogen and oxygen atoms in total. The van der Waals surface area contributed by atoms with E-state index in [0.29, 0.717) is 11.5 Å². The van der Waals surface area contributed by atoms with Crippen LogP contribution >= 0.6 is 0 Å². The smallest absolute Gasteiger partial charge is 0.150 e. The predicted octanol–water partition coefficient (Wildman–Crippen LogP) is 1.37. The van der Waals surface area contributed by atoms with Crippen LogP contribution in [0.2, 0.25) is 0 Å². The Morgan fingerprint density at radius 1 is 1.53 bits per heavy atom. The molecule has 1 N–H and O–H groups in total. The maximum atomic E-state index is 11.4. The SMILES string of the molecule is CCNC(C=C(C)C)C1CCS(=O)(=O)C1. The van der Waals surface area contributed by atoms with Crippen molar-refractivity contribution in [3.05, 3.63) is 11.6 Å². The lowest BCUT2D eigenvalue weighted by Crippen LogP contribution is -2.35. The molecule has 0 saturated carbocycles. The van der Waals surface area contributed by atoms with Crippen molar-refractivity contribution < 1.29 is 8.42 Å². The highest BCUT2D eigenvalue weighted by atomic mass is 32.2. The number of allylic oxidation sites excluding steroid dienone is 1. The van der Waals surface area contributed by atoms with Crippen LogP contribution in [0.1, 0.15) is 27.2 Å². The molecule has 2 atom stereocenters. The van der Waals surface area contributed by atoms with Crippen LogP contribution in [0.25, 0.3) is 0 Å². The minimum Gasteiger partial charge on any atom is -0.310 e. The molecule has 0 aromatic carbocycles. The summed E-state index contributed by atoms with van der Waals surface area (Å²) in [5.74, 6) is 0.954. The number of nitrogens with one attached hydrogen (secondary N) is 1. The van der Waals surface area contributed by atoms with E-state index in [9.17, 15) is 8.42 Å². The molecule has 1 rings (SSSR count). The highest BCUT2D eigenvalue weighted by Gasteiger charge is 2.32. The first-order valence-electron chi connectivity index (χ1n) is 5.53. The fourth-order valence-electron chi connectivity index (χ4n) is 2.06. The van der Waals surface area contributed by atoms with Gasteiger partial charge in [0.25, 0.3) is 0 Å². The van der Waals surface area contributed by atoms with Crippen molar-refractivity contribution in [3.63, 3.8) is 0 Å². The zero-order valence-electron chi connectivity index (χ0n) is 9.79. The first-order chi connectivity index (χ1) is 6.94. The zero-order valence-corrected chi connectivity index (χ0v) is 10.6. The summed E-state index contributed by atoms with van der Waals surface area (Å²) in [5.41, 5.74) is 1.24. The lowest BCUT2D eigenvalue weighted by atomic mass is 9.97. The Hall–Kier alpha value is -0.350. The third-order valence-electron chi connectivity index (χ3n) is 2.73. The van der Waals surface area contributed by atoms with Gasteiger partial charge in [0.15, 0.2) is 9.84 Å². The van der Waals surface area contributed by atoms with Crippen molar-refractivity contribution in [2.24, 2.45) is 5.92 Å². The minimum atomic E-state index is -2.76. The van der Waals surface area contributed by atoms with Crippen LogP contribution in [0.3, 0.4) is 0 Å². The normalized spacial score (nSPS) is 26.2. The van der Waals surface area contributed by atoms with Crippen LogP contribution in [0.4, 0.5) is 0 Å². The Morgan fingerprint density at radius 2 is 2.20 bits per heavy atom. The number of rotatable bonds is 4. The number of hydrogen-bond donors (Lipinski definition) is 1. The highest BCUT2D eigenvalue weighted by molar-refractivity contribution is 7.91. The van der Waals surface area contributed by atoms with Gasteiger partial charge in [0.05, 0.1) is 11.5 Å². The summed E-state index contributed by atoms with van der Waals surface area (Å²) in [6.45, 7) is 7.03. The van der Waals surface area contributed by atoms with Gasteiger partial charge in [-0.15, -0.1) is 0 Å². The van der Waals surface area contributed by atoms with Crippen molar-refractivity contribution >= 4 is 9.84 Å². The third kappa shape index (κ3) is 3.95. The lowest BCUT2D eigenvalue weighted by molar-refractivity contribution is 0.448. The molecule has 15 heavy (non-hydrogen) atoms. The monoisotopic (exact) mass is 231 g/mol. The first kappa shape index (κ1) is 12.7. The van der Waals surface area contributed by atoms with Gasteiger partial charge in [0.1, 0.15) is 0 Å². The van der Waals surface area contributed by atoms with E-state index < -0.39 is 9.84 Å². The summed E-state index contributed by atoms with van der Waals surface area (Å²) in [6.07, 6.45) is 2.94. The standard InChI is InChI=1S/C11H21NO2S/c1-4-12-11(7-9(2)3)10-5-6-15(13,14)8-10/h7,10-12H,4-6,8H2,1-3H3. The van der Waals surface area contributed by atoms with E-state index in [4.69, 9.17) is 0 Å². The molecule has 4 heteroatoms. The van der Waals surface area contributed by atoms with Crippen LogP contribution in [0.5, 0.6) is 0 Å². The number of likely N-dealkylation sites (N-methyl/N-ethyl adjacent to an activating group) is 1. The predicted molar refractivity (Wildman–Crippen MR) is 63.7 cm³/mol. The molecule has 0 aromatic rings. The molecule has 1 aliphatic rings. The molecular formula is C11H21NO2S. The summed E-state index contributed by atoms with van der Waals surface area (Å²) >= 11 is 0. The molecule has 0 aliphatic carbocycles. The van der Waals surface area contributed by atoms with Gasteiger partial charge in [-0.1, -0.05) is 18.6 Å². The van der Waals surface area contributed by atoms with Crippen LogP contribution in [-0.2, 0) is 9.84 Å². The largest absolute Gasteiger partial charge is 0.310 e. The fourth-order valence-corrected chi connectivity index (χ4v) is 3.92. The second-order valence-corrected chi connectivity index (χ2v) is 6.72. The Morgan fingerprint density at radius 3 is 2.60 bits per heavy atom. The third-order valence-corrected chi connectivity index (χ3v) is 4.52. The van der Waals surface area contributed by atoms with Crippen molar-refractivity contribution in [1.82, 2.24) is 5.32 Å². The van der Waals surface area contributed by atoms with Crippen LogP contribution in [0.15, 0.2) is 11.6 Å². The molecular weight excluding hydrogens is 210 g/mol. The lowest BCUT2D eigenvalue weighted by Gasteiger charge is -2.20. The molecule has 0 bridgehead atoms. The van der Waals surface area contributed by atoms with Crippen LogP contribution < -0.4 is 5.32 Å². The fraction of sp³-hybridized carbons (Fsp3) is 0.818. The van der Waals surface area contributed by atoms with Gasteiger partial charge in [-0.2, -0.15) is 0 Å². The van der Waals surface area contributed by atoms with E-state index in [-0.39, 0.29) is 12.0 Å². The summed E-state index contributed by atoms with van der Waals surface area (Å²) in [6, 6.07) is 0.220. The Balaban J connectivity index is 2.70. The van der Waals surface area contributed by atoms with E-state index in [1.165, 1.54) is 5.57 Å². The van der Waals surface area contributed by atoms with E-state index in [0.717, 1.165) is 13.0 Å². The molecule has 0 amide bonds. The second-order valence-electron chi connectivity index (χ2n) is 4.49. The summed E-state index contributed by atoms with van der Waals surface area (Å²) in [4.78, 5) is 0. The van der Waals surface area contributed by atoms with E-state index >= 15 is 0 Å². The zero-order chi connectivity index (χ0) is 11.5. The van der Waals surface area contributed by atoms with Gasteiger partial charge in [-0.25, -0.2) is 8.42 Å². The molecule has 2 unspecified atom stereocenters. The van der Waals surface area contributed by atoms with Crippen molar-refractivity contribution in [3.8, 4) is 0 Å². The summed E-state index contributed by atoms with van der Waals surface area (Å²) in [7, 11) is -2.76. The van der Waals surface area contributed by atoms with Gasteiger partial charge in [0.2, 0.25) is 0 Å².